The summed E-state index contributed by atoms with van der Waals surface area (Å²) in [5.41, 5.74) is 1.29. The topological polar surface area (TPSA) is 65.4 Å². The molecule has 1 N–H and O–H groups in total. The Bertz CT molecular complexity index is 472. The van der Waals surface area contributed by atoms with Crippen molar-refractivity contribution in [1.82, 2.24) is 4.90 Å². The highest BCUT2D eigenvalue weighted by atomic mass is 16.5. The number of ether oxygens (including phenoxy) is 1. The molecule has 1 heterocycles. The molecule has 0 saturated carbocycles. The highest BCUT2D eigenvalue weighted by molar-refractivity contribution is 5.94. The van der Waals surface area contributed by atoms with Crippen molar-refractivity contribution in [2.45, 2.75) is 13.0 Å². The Hall–Kier alpha value is -1.90. The van der Waals surface area contributed by atoms with E-state index in [9.17, 15) is 4.79 Å². The first-order valence-corrected chi connectivity index (χ1v) is 6.33. The number of hydrogen-bond acceptors (Lipinski definition) is 4. The summed E-state index contributed by atoms with van der Waals surface area (Å²) >= 11 is 0. The van der Waals surface area contributed by atoms with Crippen molar-refractivity contribution in [1.29, 1.82) is 5.26 Å². The lowest BCUT2D eigenvalue weighted by molar-refractivity contribution is -0.122. The number of nitriles is 1. The summed E-state index contributed by atoms with van der Waals surface area (Å²) in [6, 6.07) is 8.72. The Morgan fingerprint density at radius 1 is 1.37 bits per heavy atom. The quantitative estimate of drug-likeness (QED) is 0.886. The number of carbonyl (C=O) groups is 1. The highest BCUT2D eigenvalue weighted by Crippen LogP contribution is 2.11. The zero-order valence-electron chi connectivity index (χ0n) is 10.9. The van der Waals surface area contributed by atoms with Gasteiger partial charge >= 0.3 is 0 Å². The van der Waals surface area contributed by atoms with Gasteiger partial charge in [0.1, 0.15) is 0 Å². The first-order valence-electron chi connectivity index (χ1n) is 6.33. The molecule has 1 fully saturated rings. The smallest absolute Gasteiger partial charge is 0.241 e. The van der Waals surface area contributed by atoms with Crippen LogP contribution in [0, 0.1) is 11.3 Å². The lowest BCUT2D eigenvalue weighted by Crippen LogP contribution is -2.47. The predicted molar refractivity (Wildman–Crippen MR) is 71.6 cm³/mol. The summed E-state index contributed by atoms with van der Waals surface area (Å²) in [6.07, 6.45) is 0. The molecule has 100 valence electrons. The third-order valence-corrected chi connectivity index (χ3v) is 3.25. The Morgan fingerprint density at radius 3 is 2.58 bits per heavy atom. The molecule has 1 aromatic carbocycles. The van der Waals surface area contributed by atoms with Crippen molar-refractivity contribution >= 4 is 11.6 Å². The van der Waals surface area contributed by atoms with Crippen LogP contribution in [0.2, 0.25) is 0 Å². The van der Waals surface area contributed by atoms with Crippen LogP contribution in [-0.2, 0) is 9.53 Å². The van der Waals surface area contributed by atoms with Gasteiger partial charge in [-0.1, -0.05) is 0 Å². The summed E-state index contributed by atoms with van der Waals surface area (Å²) in [4.78, 5) is 14.2. The maximum absolute atomic E-state index is 12.1. The fourth-order valence-corrected chi connectivity index (χ4v) is 2.01. The number of nitrogens with one attached hydrogen (secondary N) is 1. The van der Waals surface area contributed by atoms with Crippen LogP contribution in [0.4, 0.5) is 5.69 Å². The molecule has 5 heteroatoms. The Balaban J connectivity index is 1.93. The molecule has 2 rings (SSSR count). The first-order chi connectivity index (χ1) is 9.20. The third kappa shape index (κ3) is 3.53. The summed E-state index contributed by atoms with van der Waals surface area (Å²) in [5, 5.41) is 11.6. The van der Waals surface area contributed by atoms with Crippen LogP contribution in [0.5, 0.6) is 0 Å². The maximum Gasteiger partial charge on any atom is 0.241 e. The van der Waals surface area contributed by atoms with E-state index < -0.39 is 0 Å². The molecule has 0 aliphatic carbocycles. The molecular formula is C14H17N3O2. The largest absolute Gasteiger partial charge is 0.379 e. The van der Waals surface area contributed by atoms with E-state index in [0.717, 1.165) is 13.1 Å². The number of carbonyl (C=O) groups excluding carboxylic acids is 1. The van der Waals surface area contributed by atoms with E-state index in [0.29, 0.717) is 24.5 Å². The van der Waals surface area contributed by atoms with Crippen LogP contribution in [0.3, 0.4) is 0 Å². The van der Waals surface area contributed by atoms with Crippen LogP contribution in [0.25, 0.3) is 0 Å². The molecule has 1 aliphatic rings. The Kier molecular flexibility index (Phi) is 4.50. The lowest BCUT2D eigenvalue weighted by Gasteiger charge is -2.31. The van der Waals surface area contributed by atoms with Gasteiger partial charge in [-0.25, -0.2) is 0 Å². The molecular weight excluding hydrogens is 242 g/mol. The van der Waals surface area contributed by atoms with Crippen molar-refractivity contribution in [2.75, 3.05) is 31.6 Å². The van der Waals surface area contributed by atoms with E-state index in [4.69, 9.17) is 10.00 Å². The number of benzene rings is 1. The van der Waals surface area contributed by atoms with Crippen molar-refractivity contribution in [3.05, 3.63) is 29.8 Å². The monoisotopic (exact) mass is 259 g/mol. The fourth-order valence-electron chi connectivity index (χ4n) is 2.01. The fraction of sp³-hybridized carbons (Fsp3) is 0.429. The summed E-state index contributed by atoms with van der Waals surface area (Å²) in [6.45, 7) is 4.80. The van der Waals surface area contributed by atoms with Gasteiger partial charge in [0.05, 0.1) is 30.9 Å². The van der Waals surface area contributed by atoms with Gasteiger partial charge in [0.2, 0.25) is 5.91 Å². The standard InChI is InChI=1S/C14H17N3O2/c1-11(17-6-8-19-9-7-17)14(18)16-13-4-2-12(10-15)3-5-13/h2-5,11H,6-9H2,1H3,(H,16,18)/t11-/m0/s1. The number of morpholine rings is 1. The van der Waals surface area contributed by atoms with Crippen LogP contribution in [0.15, 0.2) is 24.3 Å². The van der Waals surface area contributed by atoms with Gasteiger partial charge in [-0.05, 0) is 31.2 Å². The molecule has 1 saturated heterocycles. The van der Waals surface area contributed by atoms with Gasteiger partial charge in [0.25, 0.3) is 0 Å². The molecule has 19 heavy (non-hydrogen) atoms. The highest BCUT2D eigenvalue weighted by Gasteiger charge is 2.22. The van der Waals surface area contributed by atoms with Gasteiger partial charge in [-0.15, -0.1) is 0 Å². The molecule has 0 radical (unpaired) electrons. The number of amides is 1. The lowest BCUT2D eigenvalue weighted by atomic mass is 10.2. The van der Waals surface area contributed by atoms with Crippen LogP contribution < -0.4 is 5.32 Å². The SMILES string of the molecule is C[C@@H](C(=O)Nc1ccc(C#N)cc1)N1CCOCC1. The summed E-state index contributed by atoms with van der Waals surface area (Å²) in [5.74, 6) is -0.0355. The predicted octanol–water partition coefficient (Wildman–Crippen LogP) is 1.22. The Morgan fingerprint density at radius 2 is 2.00 bits per heavy atom. The number of anilines is 1. The van der Waals surface area contributed by atoms with Gasteiger partial charge < -0.3 is 10.1 Å². The number of nitrogens with zero attached hydrogens (tertiary/aromatic N) is 2. The zero-order valence-corrected chi connectivity index (χ0v) is 10.9. The van der Waals surface area contributed by atoms with Gasteiger partial charge in [0, 0.05) is 18.8 Å². The molecule has 1 amide bonds. The minimum atomic E-state index is -0.181. The second-order valence-corrected chi connectivity index (χ2v) is 4.50. The van der Waals surface area contributed by atoms with E-state index in [1.54, 1.807) is 24.3 Å². The number of hydrogen-bond donors (Lipinski definition) is 1. The van der Waals surface area contributed by atoms with Crippen LogP contribution in [-0.4, -0.2) is 43.2 Å². The van der Waals surface area contributed by atoms with E-state index in [1.807, 2.05) is 13.0 Å². The van der Waals surface area contributed by atoms with Crippen LogP contribution in [0.1, 0.15) is 12.5 Å². The Labute approximate surface area is 112 Å². The molecule has 0 spiro atoms. The molecule has 5 nitrogen and oxygen atoms in total. The molecule has 1 atom stereocenters. The normalized spacial score (nSPS) is 17.5. The average Bonchev–Trinajstić information content (AvgIpc) is 2.48. The second-order valence-electron chi connectivity index (χ2n) is 4.50. The second kappa shape index (κ2) is 6.32. The van der Waals surface area contributed by atoms with Crippen molar-refractivity contribution in [3.8, 4) is 6.07 Å². The van der Waals surface area contributed by atoms with E-state index in [1.165, 1.54) is 0 Å². The minimum absolute atomic E-state index is 0.0355. The molecule has 1 aromatic rings. The minimum Gasteiger partial charge on any atom is -0.379 e. The van der Waals surface area contributed by atoms with E-state index in [2.05, 4.69) is 10.2 Å². The zero-order chi connectivity index (χ0) is 13.7. The molecule has 0 aromatic heterocycles. The summed E-state index contributed by atoms with van der Waals surface area (Å²) in [7, 11) is 0. The van der Waals surface area contributed by atoms with Gasteiger partial charge in [0.15, 0.2) is 0 Å². The van der Waals surface area contributed by atoms with Crippen molar-refractivity contribution < 1.29 is 9.53 Å². The van der Waals surface area contributed by atoms with Crippen molar-refractivity contribution in [3.63, 3.8) is 0 Å². The molecule has 0 unspecified atom stereocenters. The first kappa shape index (κ1) is 13.5. The van der Waals surface area contributed by atoms with E-state index in [-0.39, 0.29) is 11.9 Å². The van der Waals surface area contributed by atoms with Crippen LogP contribution >= 0.6 is 0 Å². The van der Waals surface area contributed by atoms with Gasteiger partial charge in [-0.2, -0.15) is 5.26 Å². The summed E-state index contributed by atoms with van der Waals surface area (Å²) < 4.78 is 5.27. The van der Waals surface area contributed by atoms with Crippen molar-refractivity contribution in [2.24, 2.45) is 0 Å². The third-order valence-electron chi connectivity index (χ3n) is 3.25. The molecule has 1 aliphatic heterocycles. The molecule has 0 bridgehead atoms. The average molecular weight is 259 g/mol. The van der Waals surface area contributed by atoms with E-state index >= 15 is 0 Å². The number of rotatable bonds is 3. The van der Waals surface area contributed by atoms with Gasteiger partial charge in [-0.3, -0.25) is 9.69 Å². The maximum atomic E-state index is 12.1.